The Balaban J connectivity index is 1.82. The number of hydrazone groups is 1. The first-order valence-electron chi connectivity index (χ1n) is 7.71. The van der Waals surface area contributed by atoms with Crippen LogP contribution in [0.2, 0.25) is 5.02 Å². The molecule has 0 radical (unpaired) electrons. The third-order valence-electron chi connectivity index (χ3n) is 3.59. The van der Waals surface area contributed by atoms with Crippen LogP contribution in [-0.2, 0) is 4.74 Å². The number of benzene rings is 2. The third-order valence-corrected chi connectivity index (χ3v) is 3.91. The van der Waals surface area contributed by atoms with E-state index in [1.807, 2.05) is 5.01 Å². The molecule has 0 bridgehead atoms. The maximum absolute atomic E-state index is 11.4. The molecule has 0 spiro atoms. The molecule has 130 valence electrons. The summed E-state index contributed by atoms with van der Waals surface area (Å²) in [5, 5.41) is 18.0. The summed E-state index contributed by atoms with van der Waals surface area (Å²) in [6.07, 6.45) is 1.59. The van der Waals surface area contributed by atoms with Crippen LogP contribution in [0.15, 0.2) is 47.6 Å². The molecule has 0 N–H and O–H groups in total. The Morgan fingerprint density at radius 2 is 1.96 bits per heavy atom. The van der Waals surface area contributed by atoms with Gasteiger partial charge in [-0.1, -0.05) is 23.7 Å². The SMILES string of the molecule is O=[N+]([O-])c1cc(/C=N/N2CCOCC2)ccc1Oc1ccccc1Cl. The highest BCUT2D eigenvalue weighted by Crippen LogP contribution is 2.35. The fourth-order valence-electron chi connectivity index (χ4n) is 2.31. The van der Waals surface area contributed by atoms with Crippen molar-refractivity contribution in [3.63, 3.8) is 0 Å². The lowest BCUT2D eigenvalue weighted by Gasteiger charge is -2.23. The van der Waals surface area contributed by atoms with Crippen molar-refractivity contribution < 1.29 is 14.4 Å². The van der Waals surface area contributed by atoms with Gasteiger partial charge in [0.1, 0.15) is 5.75 Å². The molecule has 7 nitrogen and oxygen atoms in total. The Bertz CT molecular complexity index is 791. The Hall–Kier alpha value is -2.64. The van der Waals surface area contributed by atoms with Crippen LogP contribution < -0.4 is 4.74 Å². The predicted molar refractivity (Wildman–Crippen MR) is 94.6 cm³/mol. The van der Waals surface area contributed by atoms with Crippen LogP contribution in [0.4, 0.5) is 5.69 Å². The monoisotopic (exact) mass is 361 g/mol. The Kier molecular flexibility index (Phi) is 5.47. The Labute approximate surface area is 149 Å². The second-order valence-electron chi connectivity index (χ2n) is 5.33. The summed E-state index contributed by atoms with van der Waals surface area (Å²) in [4.78, 5) is 10.9. The van der Waals surface area contributed by atoms with E-state index < -0.39 is 4.92 Å². The summed E-state index contributed by atoms with van der Waals surface area (Å²) >= 11 is 6.04. The zero-order chi connectivity index (χ0) is 17.6. The maximum Gasteiger partial charge on any atom is 0.312 e. The molecule has 1 aliphatic heterocycles. The minimum atomic E-state index is -0.488. The zero-order valence-electron chi connectivity index (χ0n) is 13.3. The standard InChI is InChI=1S/C17H16ClN3O4/c18-14-3-1-2-4-16(14)25-17-6-5-13(11-15(17)21(22)23)12-19-20-7-9-24-10-8-20/h1-6,11-12H,7-10H2/b19-12+. The topological polar surface area (TPSA) is 77.2 Å². The van der Waals surface area contributed by atoms with Crippen LogP contribution >= 0.6 is 11.6 Å². The van der Waals surface area contributed by atoms with Gasteiger partial charge in [-0.3, -0.25) is 15.1 Å². The van der Waals surface area contributed by atoms with Crippen molar-refractivity contribution in [1.82, 2.24) is 5.01 Å². The molecular weight excluding hydrogens is 346 g/mol. The molecule has 3 rings (SSSR count). The first-order chi connectivity index (χ1) is 12.1. The molecule has 8 heteroatoms. The molecule has 0 atom stereocenters. The average molecular weight is 362 g/mol. The highest BCUT2D eigenvalue weighted by molar-refractivity contribution is 6.32. The molecule has 1 heterocycles. The van der Waals surface area contributed by atoms with E-state index in [9.17, 15) is 10.1 Å². The highest BCUT2D eigenvalue weighted by Gasteiger charge is 2.17. The van der Waals surface area contributed by atoms with Gasteiger partial charge in [-0.25, -0.2) is 0 Å². The molecule has 0 saturated carbocycles. The van der Waals surface area contributed by atoms with Gasteiger partial charge in [0.2, 0.25) is 5.75 Å². The fourth-order valence-corrected chi connectivity index (χ4v) is 2.48. The van der Waals surface area contributed by atoms with Gasteiger partial charge in [-0.15, -0.1) is 0 Å². The molecule has 2 aromatic rings. The molecule has 0 unspecified atom stereocenters. The highest BCUT2D eigenvalue weighted by atomic mass is 35.5. The van der Waals surface area contributed by atoms with E-state index in [1.165, 1.54) is 6.07 Å². The molecule has 1 saturated heterocycles. The number of para-hydroxylation sites is 1. The van der Waals surface area contributed by atoms with E-state index in [-0.39, 0.29) is 11.4 Å². The summed E-state index contributed by atoms with van der Waals surface area (Å²) in [5.41, 5.74) is 0.468. The Morgan fingerprint density at radius 3 is 2.68 bits per heavy atom. The van der Waals surface area contributed by atoms with Gasteiger partial charge < -0.3 is 9.47 Å². The lowest BCUT2D eigenvalue weighted by molar-refractivity contribution is -0.385. The van der Waals surface area contributed by atoms with Crippen molar-refractivity contribution in [3.8, 4) is 11.5 Å². The smallest absolute Gasteiger partial charge is 0.312 e. The molecule has 0 amide bonds. The molecule has 25 heavy (non-hydrogen) atoms. The van der Waals surface area contributed by atoms with Crippen molar-refractivity contribution in [3.05, 3.63) is 63.2 Å². The summed E-state index contributed by atoms with van der Waals surface area (Å²) in [5.74, 6) is 0.489. The van der Waals surface area contributed by atoms with Crippen LogP contribution in [-0.4, -0.2) is 42.5 Å². The number of rotatable bonds is 5. The predicted octanol–water partition coefficient (Wildman–Crippen LogP) is 3.71. The number of ether oxygens (including phenoxy) is 2. The first-order valence-corrected chi connectivity index (χ1v) is 8.09. The van der Waals surface area contributed by atoms with Gasteiger partial charge in [-0.05, 0) is 24.3 Å². The minimum absolute atomic E-state index is 0.127. The fraction of sp³-hybridized carbons (Fsp3) is 0.235. The van der Waals surface area contributed by atoms with Crippen LogP contribution in [0.1, 0.15) is 5.56 Å². The first kappa shape index (κ1) is 17.2. The number of nitrogens with zero attached hydrogens (tertiary/aromatic N) is 3. The lowest BCUT2D eigenvalue weighted by Crippen LogP contribution is -2.32. The number of nitro benzene ring substituents is 1. The van der Waals surface area contributed by atoms with E-state index in [0.29, 0.717) is 42.6 Å². The van der Waals surface area contributed by atoms with Gasteiger partial charge in [0.15, 0.2) is 0 Å². The molecule has 0 aromatic heterocycles. The van der Waals surface area contributed by atoms with E-state index in [2.05, 4.69) is 5.10 Å². The zero-order valence-corrected chi connectivity index (χ0v) is 14.1. The van der Waals surface area contributed by atoms with E-state index >= 15 is 0 Å². The molecule has 1 fully saturated rings. The van der Waals surface area contributed by atoms with Crippen molar-refractivity contribution in [2.24, 2.45) is 5.10 Å². The molecule has 0 aliphatic carbocycles. The van der Waals surface area contributed by atoms with Crippen LogP contribution in [0.5, 0.6) is 11.5 Å². The van der Waals surface area contributed by atoms with Crippen LogP contribution in [0, 0.1) is 10.1 Å². The summed E-state index contributed by atoms with van der Waals surface area (Å²) in [6.45, 7) is 2.66. The summed E-state index contributed by atoms with van der Waals surface area (Å²) in [7, 11) is 0. The van der Waals surface area contributed by atoms with E-state index in [0.717, 1.165) is 0 Å². The second kappa shape index (κ2) is 7.96. The number of hydrogen-bond donors (Lipinski definition) is 0. The van der Waals surface area contributed by atoms with Crippen molar-refractivity contribution in [1.29, 1.82) is 0 Å². The summed E-state index contributed by atoms with van der Waals surface area (Å²) in [6, 6.07) is 11.5. The average Bonchev–Trinajstić information content (AvgIpc) is 2.63. The van der Waals surface area contributed by atoms with E-state index in [4.69, 9.17) is 21.1 Å². The van der Waals surface area contributed by atoms with Crippen LogP contribution in [0.25, 0.3) is 0 Å². The molecule has 1 aliphatic rings. The van der Waals surface area contributed by atoms with Gasteiger partial charge in [0.05, 0.1) is 42.5 Å². The largest absolute Gasteiger partial charge is 0.449 e. The third kappa shape index (κ3) is 4.46. The number of hydrogen-bond acceptors (Lipinski definition) is 6. The Morgan fingerprint density at radius 1 is 1.20 bits per heavy atom. The molecule has 2 aromatic carbocycles. The van der Waals surface area contributed by atoms with Gasteiger partial charge >= 0.3 is 5.69 Å². The quantitative estimate of drug-likeness (QED) is 0.461. The van der Waals surface area contributed by atoms with E-state index in [1.54, 1.807) is 42.6 Å². The summed E-state index contributed by atoms with van der Waals surface area (Å²) < 4.78 is 10.9. The minimum Gasteiger partial charge on any atom is -0.449 e. The maximum atomic E-state index is 11.4. The van der Waals surface area contributed by atoms with Gasteiger partial charge in [0.25, 0.3) is 0 Å². The van der Waals surface area contributed by atoms with Gasteiger partial charge in [-0.2, -0.15) is 5.10 Å². The van der Waals surface area contributed by atoms with Crippen molar-refractivity contribution >= 4 is 23.5 Å². The van der Waals surface area contributed by atoms with Gasteiger partial charge in [0, 0.05) is 11.6 Å². The van der Waals surface area contributed by atoms with Crippen molar-refractivity contribution in [2.45, 2.75) is 0 Å². The number of morpholine rings is 1. The normalized spacial score (nSPS) is 14.7. The van der Waals surface area contributed by atoms with Crippen molar-refractivity contribution in [2.75, 3.05) is 26.3 Å². The molecular formula is C17H16ClN3O4. The van der Waals surface area contributed by atoms with Crippen LogP contribution in [0.3, 0.4) is 0 Å². The number of halogens is 1. The number of nitro groups is 1. The lowest BCUT2D eigenvalue weighted by atomic mass is 10.2. The second-order valence-corrected chi connectivity index (χ2v) is 5.73.